The highest BCUT2D eigenvalue weighted by atomic mass is 32.1. The van der Waals surface area contributed by atoms with E-state index < -0.39 is 0 Å². The minimum absolute atomic E-state index is 0.861. The molecule has 0 aliphatic rings. The first-order valence-electron chi connectivity index (χ1n) is 20.3. The molecular weight excluding hydrogens is 751 g/mol. The average Bonchev–Trinajstić information content (AvgIpc) is 4.02. The fourth-order valence-electron chi connectivity index (χ4n) is 9.50. The molecular formula is C56H33NO2S. The molecule has 13 aromatic rings. The van der Waals surface area contributed by atoms with Crippen LogP contribution >= 0.6 is 11.3 Å². The summed E-state index contributed by atoms with van der Waals surface area (Å²) in [5, 5.41) is 11.6. The van der Waals surface area contributed by atoms with Gasteiger partial charge in [0.2, 0.25) is 0 Å². The Hall–Kier alpha value is -7.66. The molecule has 10 aromatic carbocycles. The molecule has 0 fully saturated rings. The van der Waals surface area contributed by atoms with E-state index in [1.54, 1.807) is 0 Å². The van der Waals surface area contributed by atoms with Crippen LogP contribution in [0.3, 0.4) is 0 Å². The molecule has 4 heteroatoms. The lowest BCUT2D eigenvalue weighted by atomic mass is 9.97. The molecule has 0 aliphatic carbocycles. The van der Waals surface area contributed by atoms with Gasteiger partial charge in [-0.2, -0.15) is 0 Å². The Morgan fingerprint density at radius 3 is 1.55 bits per heavy atom. The van der Waals surface area contributed by atoms with Gasteiger partial charge in [-0.1, -0.05) is 140 Å². The first-order chi connectivity index (χ1) is 29.7. The topological polar surface area (TPSA) is 29.5 Å². The molecule has 280 valence electrons. The maximum atomic E-state index is 6.71. The lowest BCUT2D eigenvalue weighted by molar-refractivity contribution is 0.672. The fraction of sp³-hybridized carbons (Fsp3) is 0. The number of hydrogen-bond donors (Lipinski definition) is 0. The fourth-order valence-corrected chi connectivity index (χ4v) is 10.7. The second kappa shape index (κ2) is 12.9. The van der Waals surface area contributed by atoms with Crippen LogP contribution in [0.2, 0.25) is 0 Å². The monoisotopic (exact) mass is 783 g/mol. The summed E-state index contributed by atoms with van der Waals surface area (Å²) in [6.45, 7) is 0. The zero-order valence-electron chi connectivity index (χ0n) is 32.2. The van der Waals surface area contributed by atoms with Gasteiger partial charge in [-0.25, -0.2) is 0 Å². The van der Waals surface area contributed by atoms with E-state index in [9.17, 15) is 0 Å². The third-order valence-electron chi connectivity index (χ3n) is 12.3. The third kappa shape index (κ3) is 4.95. The second-order valence-electron chi connectivity index (χ2n) is 15.6. The largest absolute Gasteiger partial charge is 0.455 e. The van der Waals surface area contributed by atoms with Gasteiger partial charge in [-0.15, -0.1) is 11.3 Å². The first kappa shape index (κ1) is 33.3. The lowest BCUT2D eigenvalue weighted by Gasteiger charge is -2.26. The molecule has 13 rings (SSSR count). The summed E-state index contributed by atoms with van der Waals surface area (Å²) >= 11 is 1.87. The maximum Gasteiger partial charge on any atom is 0.143 e. The lowest BCUT2D eigenvalue weighted by Crippen LogP contribution is -2.10. The van der Waals surface area contributed by atoms with E-state index in [2.05, 4.69) is 205 Å². The highest BCUT2D eigenvalue weighted by Crippen LogP contribution is 2.47. The molecule has 3 aromatic heterocycles. The van der Waals surface area contributed by atoms with Gasteiger partial charge in [0.15, 0.2) is 0 Å². The molecule has 3 heterocycles. The summed E-state index contributed by atoms with van der Waals surface area (Å²) in [5.74, 6) is 0. The number of anilines is 3. The Kier molecular flexibility index (Phi) is 7.18. The van der Waals surface area contributed by atoms with E-state index in [0.29, 0.717) is 0 Å². The summed E-state index contributed by atoms with van der Waals surface area (Å²) in [4.78, 5) is 2.38. The van der Waals surface area contributed by atoms with E-state index in [4.69, 9.17) is 8.83 Å². The molecule has 60 heavy (non-hydrogen) atoms. The molecule has 0 spiro atoms. The van der Waals surface area contributed by atoms with Crippen LogP contribution in [0.15, 0.2) is 209 Å². The van der Waals surface area contributed by atoms with Gasteiger partial charge >= 0.3 is 0 Å². The molecule has 0 aliphatic heterocycles. The molecule has 0 bridgehead atoms. The number of thiophene rings is 1. The number of hydrogen-bond acceptors (Lipinski definition) is 4. The molecule has 0 N–H and O–H groups in total. The molecule has 0 atom stereocenters. The molecule has 3 nitrogen and oxygen atoms in total. The van der Waals surface area contributed by atoms with Gasteiger partial charge in [-0.3, -0.25) is 0 Å². The highest BCUT2D eigenvalue weighted by Gasteiger charge is 2.22. The summed E-state index contributed by atoms with van der Waals surface area (Å²) < 4.78 is 15.9. The molecule has 0 radical (unpaired) electrons. The van der Waals surface area contributed by atoms with Crippen molar-refractivity contribution in [3.63, 3.8) is 0 Å². The van der Waals surface area contributed by atoms with Gasteiger partial charge in [0.25, 0.3) is 0 Å². The zero-order valence-corrected chi connectivity index (χ0v) is 33.0. The van der Waals surface area contributed by atoms with Crippen LogP contribution in [0.4, 0.5) is 17.1 Å². The minimum atomic E-state index is 0.861. The van der Waals surface area contributed by atoms with Crippen LogP contribution < -0.4 is 4.90 Å². The van der Waals surface area contributed by atoms with Crippen LogP contribution in [0, 0.1) is 0 Å². The quantitative estimate of drug-likeness (QED) is 0.174. The van der Waals surface area contributed by atoms with Gasteiger partial charge < -0.3 is 13.7 Å². The Labute approximate surface area is 348 Å². The molecule has 0 amide bonds. The smallest absolute Gasteiger partial charge is 0.143 e. The van der Waals surface area contributed by atoms with Gasteiger partial charge in [0.05, 0.1) is 11.1 Å². The van der Waals surface area contributed by atoms with Crippen LogP contribution in [-0.4, -0.2) is 0 Å². The van der Waals surface area contributed by atoms with Crippen LogP contribution in [-0.2, 0) is 0 Å². The summed E-state index contributed by atoms with van der Waals surface area (Å²) in [6.07, 6.45) is 0. The normalized spacial score (nSPS) is 12.0. The Morgan fingerprint density at radius 2 is 0.867 bits per heavy atom. The van der Waals surface area contributed by atoms with Crippen LogP contribution in [0.25, 0.3) is 108 Å². The van der Waals surface area contributed by atoms with Crippen molar-refractivity contribution in [2.75, 3.05) is 4.90 Å². The van der Waals surface area contributed by atoms with Gasteiger partial charge in [0, 0.05) is 58.5 Å². The number of fused-ring (bicyclic) bond motifs is 13. The minimum Gasteiger partial charge on any atom is -0.455 e. The highest BCUT2D eigenvalue weighted by molar-refractivity contribution is 7.26. The van der Waals surface area contributed by atoms with Crippen molar-refractivity contribution in [3.8, 4) is 22.3 Å². The van der Waals surface area contributed by atoms with E-state index >= 15 is 0 Å². The van der Waals surface area contributed by atoms with Gasteiger partial charge in [0.1, 0.15) is 22.3 Å². The van der Waals surface area contributed by atoms with Crippen molar-refractivity contribution in [3.05, 3.63) is 200 Å². The standard InChI is InChI=1S/C56H33NO2S/c1-3-12-41-34(10-1)26-32-46-52-40(15-8-19-49(52)58-54(41)46)36-22-28-38(29-23-36)57(48-18-9-20-50-53(48)47-33-27-35-11-2-4-13-42(35)55(47)59-50)39-30-24-37(25-31-39)43-16-7-17-45-44-14-5-6-21-51(44)60-56(43)45/h1-33H. The van der Waals surface area contributed by atoms with Gasteiger partial charge in [-0.05, 0) is 93.7 Å². The van der Waals surface area contributed by atoms with Crippen LogP contribution in [0.1, 0.15) is 0 Å². The maximum absolute atomic E-state index is 6.71. The van der Waals surface area contributed by atoms with E-state index in [0.717, 1.165) is 88.2 Å². The summed E-state index contributed by atoms with van der Waals surface area (Å²) in [7, 11) is 0. The van der Waals surface area contributed by atoms with Crippen molar-refractivity contribution in [1.82, 2.24) is 0 Å². The Balaban J connectivity index is 0.984. The van der Waals surface area contributed by atoms with Crippen LogP contribution in [0.5, 0.6) is 0 Å². The number of nitrogens with zero attached hydrogens (tertiary/aromatic N) is 1. The zero-order chi connectivity index (χ0) is 39.3. The molecule has 0 unspecified atom stereocenters. The number of benzene rings is 10. The Bertz CT molecular complexity index is 3830. The van der Waals surface area contributed by atoms with Crippen molar-refractivity contribution in [2.24, 2.45) is 0 Å². The molecule has 0 saturated heterocycles. The van der Waals surface area contributed by atoms with Crippen molar-refractivity contribution in [1.29, 1.82) is 0 Å². The third-order valence-corrected chi connectivity index (χ3v) is 13.5. The van der Waals surface area contributed by atoms with E-state index in [1.807, 2.05) is 11.3 Å². The predicted molar refractivity (Wildman–Crippen MR) is 254 cm³/mol. The average molecular weight is 784 g/mol. The summed E-state index contributed by atoms with van der Waals surface area (Å²) in [5.41, 5.74) is 11.5. The van der Waals surface area contributed by atoms with E-state index in [1.165, 1.54) is 36.7 Å². The first-order valence-corrected chi connectivity index (χ1v) is 21.1. The predicted octanol–water partition coefficient (Wildman–Crippen LogP) is 17.0. The Morgan fingerprint density at radius 1 is 0.350 bits per heavy atom. The van der Waals surface area contributed by atoms with Crippen molar-refractivity contribution in [2.45, 2.75) is 0 Å². The summed E-state index contributed by atoms with van der Waals surface area (Å²) in [6, 6.07) is 71.9. The SMILES string of the molecule is c1ccc2c(c1)ccc1c2oc2cccc(-c3ccc(N(c4ccc(-c5cccc6c5sc5ccccc56)cc4)c4cccc5oc6c7ccccc7ccc6c45)cc3)c21. The number of furan rings is 2. The van der Waals surface area contributed by atoms with Crippen molar-refractivity contribution >= 4 is 114 Å². The number of rotatable bonds is 5. The van der Waals surface area contributed by atoms with E-state index in [-0.39, 0.29) is 0 Å². The van der Waals surface area contributed by atoms with Crippen molar-refractivity contribution < 1.29 is 8.83 Å². The second-order valence-corrected chi connectivity index (χ2v) is 16.6. The molecule has 0 saturated carbocycles.